The van der Waals surface area contributed by atoms with Gasteiger partial charge in [0.1, 0.15) is 6.33 Å². The third-order valence-corrected chi connectivity index (χ3v) is 6.71. The summed E-state index contributed by atoms with van der Waals surface area (Å²) in [6, 6.07) is 14.2. The maximum atomic E-state index is 13.2. The van der Waals surface area contributed by atoms with Crippen LogP contribution in [0.15, 0.2) is 72.9 Å². The molecular formula is C29H23N5O4. The Morgan fingerprint density at radius 1 is 0.974 bits per heavy atom. The molecule has 0 saturated carbocycles. The highest BCUT2D eigenvalue weighted by molar-refractivity contribution is 6.26. The minimum Gasteiger partial charge on any atom is -0.378 e. The number of Topliss-reactive ketones (excluding diaryl/α,β-unsaturated/α-hetero) is 1. The number of hydrogen-bond donors (Lipinski definition) is 0. The first-order chi connectivity index (χ1) is 18.5. The lowest BCUT2D eigenvalue weighted by Crippen LogP contribution is -2.40. The highest BCUT2D eigenvalue weighted by Crippen LogP contribution is 2.36. The number of pyridine rings is 1. The number of carbonyl (C=O) groups is 3. The molecule has 1 saturated heterocycles. The van der Waals surface area contributed by atoms with Gasteiger partial charge in [0.15, 0.2) is 0 Å². The number of hydrogen-bond acceptors (Lipinski definition) is 7. The molecule has 9 heteroatoms. The molecule has 0 bridgehead atoms. The van der Waals surface area contributed by atoms with Crippen LogP contribution in [0.25, 0.3) is 28.1 Å². The molecule has 0 atom stereocenters. The summed E-state index contributed by atoms with van der Waals surface area (Å²) >= 11 is 0. The van der Waals surface area contributed by atoms with E-state index in [9.17, 15) is 14.4 Å². The minimum atomic E-state index is -0.265. The fourth-order valence-corrected chi connectivity index (χ4v) is 4.92. The Bertz CT molecular complexity index is 1630. The molecule has 0 spiro atoms. The number of ether oxygens (including phenoxy) is 1. The first-order valence-corrected chi connectivity index (χ1v) is 12.2. The number of allylic oxidation sites excluding steroid dienone is 1. The maximum Gasteiger partial charge on any atom is 0.254 e. The van der Waals surface area contributed by atoms with Crippen LogP contribution in [0.5, 0.6) is 0 Å². The normalized spacial score (nSPS) is 16.2. The SMILES string of the molecule is CC(=O)N1/C(=C\c2cc(-c3cncnc3)c3cc(C(=O)N4CCOCC4)ccc3n2)C(=O)c2ccccc21. The van der Waals surface area contributed by atoms with Crippen LogP contribution in [0.4, 0.5) is 5.69 Å². The van der Waals surface area contributed by atoms with Crippen molar-refractivity contribution in [2.75, 3.05) is 31.2 Å². The zero-order valence-corrected chi connectivity index (χ0v) is 20.6. The minimum absolute atomic E-state index is 0.0666. The Morgan fingerprint density at radius 2 is 1.74 bits per heavy atom. The smallest absolute Gasteiger partial charge is 0.254 e. The van der Waals surface area contributed by atoms with E-state index in [4.69, 9.17) is 9.72 Å². The fraction of sp³-hybridized carbons (Fsp3) is 0.172. The van der Waals surface area contributed by atoms with E-state index < -0.39 is 0 Å². The van der Waals surface area contributed by atoms with Gasteiger partial charge in [0.05, 0.1) is 35.8 Å². The van der Waals surface area contributed by atoms with Crippen molar-refractivity contribution in [1.82, 2.24) is 19.9 Å². The largest absolute Gasteiger partial charge is 0.378 e. The third-order valence-electron chi connectivity index (χ3n) is 6.71. The number of rotatable bonds is 3. The van der Waals surface area contributed by atoms with Gasteiger partial charge in [0.2, 0.25) is 11.7 Å². The number of benzene rings is 2. The molecule has 1 fully saturated rings. The second-order valence-corrected chi connectivity index (χ2v) is 9.09. The van der Waals surface area contributed by atoms with Gasteiger partial charge in [0, 0.05) is 54.5 Å². The molecule has 2 amide bonds. The molecule has 2 aliphatic heterocycles. The van der Waals surface area contributed by atoms with Crippen LogP contribution in [-0.2, 0) is 9.53 Å². The molecule has 9 nitrogen and oxygen atoms in total. The van der Waals surface area contributed by atoms with Crippen molar-refractivity contribution >= 4 is 40.3 Å². The Morgan fingerprint density at radius 3 is 2.50 bits per heavy atom. The van der Waals surface area contributed by atoms with Gasteiger partial charge in [-0.15, -0.1) is 0 Å². The molecule has 188 valence electrons. The van der Waals surface area contributed by atoms with Crippen LogP contribution in [0, 0.1) is 0 Å². The van der Waals surface area contributed by atoms with Gasteiger partial charge < -0.3 is 9.64 Å². The quantitative estimate of drug-likeness (QED) is 0.391. The van der Waals surface area contributed by atoms with E-state index in [0.717, 1.165) is 16.5 Å². The summed E-state index contributed by atoms with van der Waals surface area (Å²) in [6.45, 7) is 3.56. The van der Waals surface area contributed by atoms with E-state index in [1.165, 1.54) is 18.2 Å². The number of carbonyl (C=O) groups excluding carboxylic acids is 3. The monoisotopic (exact) mass is 505 g/mol. The van der Waals surface area contributed by atoms with Crippen LogP contribution >= 0.6 is 0 Å². The van der Waals surface area contributed by atoms with E-state index in [0.29, 0.717) is 54.3 Å². The predicted molar refractivity (Wildman–Crippen MR) is 141 cm³/mol. The Hall–Kier alpha value is -4.76. The van der Waals surface area contributed by atoms with Crippen molar-refractivity contribution in [3.05, 3.63) is 89.8 Å². The number of aromatic nitrogens is 3. The summed E-state index contributed by atoms with van der Waals surface area (Å²) in [5, 5.41) is 0.755. The Balaban J connectivity index is 1.49. The van der Waals surface area contributed by atoms with Crippen molar-refractivity contribution < 1.29 is 19.1 Å². The molecule has 0 radical (unpaired) electrons. The van der Waals surface area contributed by atoms with Crippen molar-refractivity contribution in [1.29, 1.82) is 0 Å². The van der Waals surface area contributed by atoms with Crippen molar-refractivity contribution in [2.24, 2.45) is 0 Å². The average molecular weight is 506 g/mol. The molecule has 38 heavy (non-hydrogen) atoms. The van der Waals surface area contributed by atoms with E-state index >= 15 is 0 Å². The van der Waals surface area contributed by atoms with E-state index in [1.54, 1.807) is 59.8 Å². The predicted octanol–water partition coefficient (Wildman–Crippen LogP) is 3.75. The van der Waals surface area contributed by atoms with Gasteiger partial charge in [-0.05, 0) is 48.0 Å². The average Bonchev–Trinajstić information content (AvgIpc) is 3.24. The number of morpholine rings is 1. The molecule has 2 aromatic heterocycles. The molecular weight excluding hydrogens is 482 g/mol. The number of anilines is 1. The molecule has 6 rings (SSSR count). The van der Waals surface area contributed by atoms with Crippen LogP contribution in [0.3, 0.4) is 0 Å². The third kappa shape index (κ3) is 4.12. The standard InChI is InChI=1S/C29H23N5O4/c1-18(35)34-26-5-3-2-4-22(26)28(36)27(34)14-21-13-23(20-15-30-17-31-16-20)24-12-19(6-7-25(24)32-21)29(37)33-8-10-38-11-9-33/h2-7,12-17H,8-11H2,1H3/b27-14-. The van der Waals surface area contributed by atoms with E-state index in [1.807, 2.05) is 12.1 Å². The van der Waals surface area contributed by atoms with Crippen LogP contribution < -0.4 is 4.90 Å². The molecule has 2 aliphatic rings. The first-order valence-electron chi connectivity index (χ1n) is 12.2. The molecule has 4 heterocycles. The summed E-state index contributed by atoms with van der Waals surface area (Å²) in [5.41, 5.74) is 4.43. The number of fused-ring (bicyclic) bond motifs is 2. The summed E-state index contributed by atoms with van der Waals surface area (Å²) < 4.78 is 5.38. The molecule has 2 aromatic carbocycles. The van der Waals surface area contributed by atoms with Crippen LogP contribution in [0.1, 0.15) is 33.3 Å². The van der Waals surface area contributed by atoms with Gasteiger partial charge in [-0.2, -0.15) is 0 Å². The maximum absolute atomic E-state index is 13.2. The summed E-state index contributed by atoms with van der Waals surface area (Å²) in [4.78, 5) is 55.3. The van der Waals surface area contributed by atoms with Crippen molar-refractivity contribution in [3.63, 3.8) is 0 Å². The number of ketones is 1. The zero-order chi connectivity index (χ0) is 26.2. The summed E-state index contributed by atoms with van der Waals surface area (Å²) in [5.74, 6) is -0.574. The lowest BCUT2D eigenvalue weighted by Gasteiger charge is -2.27. The van der Waals surface area contributed by atoms with Gasteiger partial charge in [-0.1, -0.05) is 12.1 Å². The lowest BCUT2D eigenvalue weighted by molar-refractivity contribution is -0.116. The van der Waals surface area contributed by atoms with Gasteiger partial charge in [0.25, 0.3) is 5.91 Å². The summed E-state index contributed by atoms with van der Waals surface area (Å²) in [7, 11) is 0. The van der Waals surface area contributed by atoms with Gasteiger partial charge in [-0.25, -0.2) is 15.0 Å². The number of amides is 2. The zero-order valence-electron chi connectivity index (χ0n) is 20.6. The van der Waals surface area contributed by atoms with Crippen molar-refractivity contribution in [3.8, 4) is 11.1 Å². The van der Waals surface area contributed by atoms with E-state index in [2.05, 4.69) is 9.97 Å². The lowest BCUT2D eigenvalue weighted by atomic mass is 9.99. The Kier molecular flexibility index (Phi) is 5.97. The van der Waals surface area contributed by atoms with Gasteiger partial charge >= 0.3 is 0 Å². The van der Waals surface area contributed by atoms with Gasteiger partial charge in [-0.3, -0.25) is 19.3 Å². The highest BCUT2D eigenvalue weighted by Gasteiger charge is 2.34. The van der Waals surface area contributed by atoms with E-state index in [-0.39, 0.29) is 23.3 Å². The molecule has 0 aliphatic carbocycles. The molecule has 0 N–H and O–H groups in total. The highest BCUT2D eigenvalue weighted by atomic mass is 16.5. The van der Waals surface area contributed by atoms with Crippen LogP contribution in [0.2, 0.25) is 0 Å². The Labute approximate surface area is 218 Å². The topological polar surface area (TPSA) is 106 Å². The fourth-order valence-electron chi connectivity index (χ4n) is 4.92. The van der Waals surface area contributed by atoms with Crippen LogP contribution in [-0.4, -0.2) is 63.8 Å². The number of para-hydroxylation sites is 1. The molecule has 0 unspecified atom stereocenters. The first kappa shape index (κ1) is 23.6. The van der Waals surface area contributed by atoms with Crippen molar-refractivity contribution in [2.45, 2.75) is 6.92 Å². The molecule has 4 aromatic rings. The second-order valence-electron chi connectivity index (χ2n) is 9.09. The number of nitrogens with zero attached hydrogens (tertiary/aromatic N) is 5. The summed E-state index contributed by atoms with van der Waals surface area (Å²) in [6.07, 6.45) is 6.45. The second kappa shape index (κ2) is 9.60.